The summed E-state index contributed by atoms with van der Waals surface area (Å²) in [6, 6.07) is 6.00. The fraction of sp³-hybridized carbons (Fsp3) is 0.333. The number of nitrogens with two attached hydrogens (primary N) is 1. The van der Waals surface area contributed by atoms with Gasteiger partial charge in [0.25, 0.3) is 0 Å². The zero-order valence-corrected chi connectivity index (χ0v) is 9.55. The molecule has 0 aliphatic carbocycles. The Kier molecular flexibility index (Phi) is 2.66. The molecule has 5 heteroatoms. The highest BCUT2D eigenvalue weighted by Gasteiger charge is 2.34. The van der Waals surface area contributed by atoms with E-state index in [1.54, 1.807) is 25.1 Å². The average molecular weight is 242 g/mol. The lowest BCUT2D eigenvalue weighted by atomic mass is 10.1. The van der Waals surface area contributed by atoms with E-state index in [0.29, 0.717) is 10.9 Å². The Hall–Kier alpha value is -1.49. The molecule has 0 aliphatic heterocycles. The SMILES string of the molecule is CC(N)c1cccc2cc(C(F)(F)F)n(C)c12. The first-order valence-electron chi connectivity index (χ1n) is 5.23. The third-order valence-corrected chi connectivity index (χ3v) is 2.87. The Morgan fingerprint density at radius 2 is 1.94 bits per heavy atom. The monoisotopic (exact) mass is 242 g/mol. The Morgan fingerprint density at radius 1 is 1.29 bits per heavy atom. The van der Waals surface area contributed by atoms with Gasteiger partial charge in [-0.05, 0) is 18.6 Å². The summed E-state index contributed by atoms with van der Waals surface area (Å²) in [6.07, 6.45) is -4.34. The normalized spacial score (nSPS) is 14.2. The second kappa shape index (κ2) is 3.77. The molecule has 0 bridgehead atoms. The van der Waals surface area contributed by atoms with E-state index in [1.807, 2.05) is 0 Å². The van der Waals surface area contributed by atoms with Crippen molar-refractivity contribution in [1.82, 2.24) is 4.57 Å². The van der Waals surface area contributed by atoms with E-state index in [9.17, 15) is 13.2 Å². The van der Waals surface area contributed by atoms with Crippen LogP contribution in [0.25, 0.3) is 10.9 Å². The molecule has 0 aliphatic rings. The Morgan fingerprint density at radius 3 is 2.47 bits per heavy atom. The lowest BCUT2D eigenvalue weighted by Gasteiger charge is -2.12. The zero-order chi connectivity index (χ0) is 12.8. The zero-order valence-electron chi connectivity index (χ0n) is 9.55. The Balaban J connectivity index is 2.79. The number of rotatable bonds is 1. The van der Waals surface area contributed by atoms with Gasteiger partial charge in [0.2, 0.25) is 0 Å². The highest BCUT2D eigenvalue weighted by Crippen LogP contribution is 2.35. The van der Waals surface area contributed by atoms with Crippen molar-refractivity contribution in [3.63, 3.8) is 0 Å². The maximum atomic E-state index is 12.8. The first-order chi connectivity index (χ1) is 7.82. The van der Waals surface area contributed by atoms with Crippen LogP contribution >= 0.6 is 0 Å². The van der Waals surface area contributed by atoms with E-state index in [2.05, 4.69) is 0 Å². The van der Waals surface area contributed by atoms with E-state index in [4.69, 9.17) is 5.73 Å². The molecule has 2 aromatic rings. The summed E-state index contributed by atoms with van der Waals surface area (Å²) in [5.41, 5.74) is 6.39. The minimum Gasteiger partial charge on any atom is -0.340 e. The summed E-state index contributed by atoms with van der Waals surface area (Å²) in [6.45, 7) is 1.76. The predicted molar refractivity (Wildman–Crippen MR) is 60.5 cm³/mol. The van der Waals surface area contributed by atoms with Gasteiger partial charge in [-0.2, -0.15) is 13.2 Å². The lowest BCUT2D eigenvalue weighted by molar-refractivity contribution is -0.142. The van der Waals surface area contributed by atoms with Gasteiger partial charge in [0.05, 0.1) is 5.52 Å². The maximum Gasteiger partial charge on any atom is 0.431 e. The predicted octanol–water partition coefficient (Wildman–Crippen LogP) is 3.22. The topological polar surface area (TPSA) is 30.9 Å². The summed E-state index contributed by atoms with van der Waals surface area (Å²) in [5.74, 6) is 0. The van der Waals surface area contributed by atoms with Gasteiger partial charge in [-0.25, -0.2) is 0 Å². The molecule has 2 N–H and O–H groups in total. The molecule has 0 amide bonds. The van der Waals surface area contributed by atoms with Crippen LogP contribution in [-0.4, -0.2) is 4.57 Å². The third kappa shape index (κ3) is 1.91. The highest BCUT2D eigenvalue weighted by atomic mass is 19.4. The molecule has 0 radical (unpaired) electrons. The van der Waals surface area contributed by atoms with Gasteiger partial charge in [0.1, 0.15) is 5.69 Å². The molecular weight excluding hydrogens is 229 g/mol. The second-order valence-corrected chi connectivity index (χ2v) is 4.16. The Bertz CT molecular complexity index is 553. The van der Waals surface area contributed by atoms with Gasteiger partial charge >= 0.3 is 6.18 Å². The molecule has 0 spiro atoms. The molecule has 0 saturated carbocycles. The number of aromatic nitrogens is 1. The molecule has 1 heterocycles. The van der Waals surface area contributed by atoms with Crippen molar-refractivity contribution in [2.45, 2.75) is 19.1 Å². The van der Waals surface area contributed by atoms with Crippen LogP contribution in [0.5, 0.6) is 0 Å². The minimum atomic E-state index is -4.34. The fourth-order valence-electron chi connectivity index (χ4n) is 2.09. The van der Waals surface area contributed by atoms with E-state index in [1.165, 1.54) is 7.05 Å². The van der Waals surface area contributed by atoms with Crippen molar-refractivity contribution in [2.24, 2.45) is 12.8 Å². The molecule has 92 valence electrons. The molecule has 1 aromatic heterocycles. The van der Waals surface area contributed by atoms with Gasteiger partial charge in [-0.3, -0.25) is 0 Å². The largest absolute Gasteiger partial charge is 0.431 e. The van der Waals surface area contributed by atoms with Crippen LogP contribution in [0.1, 0.15) is 24.2 Å². The summed E-state index contributed by atoms with van der Waals surface area (Å²) < 4.78 is 39.5. The number of fused-ring (bicyclic) bond motifs is 1. The van der Waals surface area contributed by atoms with Crippen molar-refractivity contribution < 1.29 is 13.2 Å². The standard InChI is InChI=1S/C12H13F3N2/c1-7(16)9-5-3-4-8-6-10(12(13,14)15)17(2)11(8)9/h3-7H,16H2,1-2H3. The van der Waals surface area contributed by atoms with Gasteiger partial charge in [0.15, 0.2) is 0 Å². The van der Waals surface area contributed by atoms with Crippen molar-refractivity contribution in [3.05, 3.63) is 35.5 Å². The van der Waals surface area contributed by atoms with E-state index in [-0.39, 0.29) is 6.04 Å². The minimum absolute atomic E-state index is 0.298. The van der Waals surface area contributed by atoms with Crippen LogP contribution in [0.2, 0.25) is 0 Å². The number of aryl methyl sites for hydroxylation is 1. The first kappa shape index (κ1) is 12.0. The third-order valence-electron chi connectivity index (χ3n) is 2.87. The average Bonchev–Trinajstić information content (AvgIpc) is 2.55. The highest BCUT2D eigenvalue weighted by molar-refractivity contribution is 5.85. The van der Waals surface area contributed by atoms with Gasteiger partial charge in [0, 0.05) is 18.5 Å². The number of benzene rings is 1. The summed E-state index contributed by atoms with van der Waals surface area (Å²) >= 11 is 0. The van der Waals surface area contributed by atoms with Crippen molar-refractivity contribution in [1.29, 1.82) is 0 Å². The molecular formula is C12H13F3N2. The van der Waals surface area contributed by atoms with Gasteiger partial charge < -0.3 is 10.3 Å². The molecule has 1 atom stereocenters. The van der Waals surface area contributed by atoms with Crippen LogP contribution in [-0.2, 0) is 13.2 Å². The van der Waals surface area contributed by atoms with Crippen LogP contribution in [0.3, 0.4) is 0 Å². The number of alkyl halides is 3. The molecule has 0 fully saturated rings. The van der Waals surface area contributed by atoms with E-state index >= 15 is 0 Å². The lowest BCUT2D eigenvalue weighted by Crippen LogP contribution is -2.12. The molecule has 2 rings (SSSR count). The Labute approximate surface area is 96.8 Å². The molecule has 17 heavy (non-hydrogen) atoms. The second-order valence-electron chi connectivity index (χ2n) is 4.16. The van der Waals surface area contributed by atoms with Crippen molar-refractivity contribution in [2.75, 3.05) is 0 Å². The van der Waals surface area contributed by atoms with Crippen LogP contribution in [0.15, 0.2) is 24.3 Å². The van der Waals surface area contributed by atoms with Gasteiger partial charge in [-0.15, -0.1) is 0 Å². The number of para-hydroxylation sites is 1. The first-order valence-corrected chi connectivity index (χ1v) is 5.23. The molecule has 1 unspecified atom stereocenters. The van der Waals surface area contributed by atoms with Gasteiger partial charge in [-0.1, -0.05) is 18.2 Å². The summed E-state index contributed by atoms with van der Waals surface area (Å²) in [7, 11) is 1.41. The maximum absolute atomic E-state index is 12.8. The quantitative estimate of drug-likeness (QED) is 0.817. The van der Waals surface area contributed by atoms with Crippen LogP contribution < -0.4 is 5.73 Å². The fourth-order valence-corrected chi connectivity index (χ4v) is 2.09. The van der Waals surface area contributed by atoms with Crippen molar-refractivity contribution >= 4 is 10.9 Å². The summed E-state index contributed by atoms with van der Waals surface area (Å²) in [5, 5.41) is 0.564. The number of hydrogen-bond donors (Lipinski definition) is 1. The molecule has 2 nitrogen and oxygen atoms in total. The number of nitrogens with zero attached hydrogens (tertiary/aromatic N) is 1. The van der Waals surface area contributed by atoms with Crippen LogP contribution in [0.4, 0.5) is 13.2 Å². The van der Waals surface area contributed by atoms with Crippen LogP contribution in [0, 0.1) is 0 Å². The molecule has 1 aromatic carbocycles. The number of hydrogen-bond acceptors (Lipinski definition) is 1. The van der Waals surface area contributed by atoms with Crippen molar-refractivity contribution in [3.8, 4) is 0 Å². The van der Waals surface area contributed by atoms with E-state index < -0.39 is 11.9 Å². The molecule has 0 saturated heterocycles. The summed E-state index contributed by atoms with van der Waals surface area (Å²) in [4.78, 5) is 0. The number of halogens is 3. The smallest absolute Gasteiger partial charge is 0.340 e. The van der Waals surface area contributed by atoms with E-state index in [0.717, 1.165) is 16.2 Å².